The lowest BCUT2D eigenvalue weighted by Crippen LogP contribution is -2.12. The maximum atomic E-state index is 11.9. The third-order valence-electron chi connectivity index (χ3n) is 2.42. The zero-order valence-electron chi connectivity index (χ0n) is 10.1. The molecule has 1 N–H and O–H groups in total. The molecule has 0 saturated heterocycles. The lowest BCUT2D eigenvalue weighted by Gasteiger charge is -2.07. The van der Waals surface area contributed by atoms with Crippen LogP contribution in [0.3, 0.4) is 0 Å². The van der Waals surface area contributed by atoms with Crippen LogP contribution in [0.4, 0.5) is 5.69 Å². The van der Waals surface area contributed by atoms with Gasteiger partial charge < -0.3 is 9.73 Å². The van der Waals surface area contributed by atoms with Gasteiger partial charge >= 0.3 is 0 Å². The summed E-state index contributed by atoms with van der Waals surface area (Å²) in [7, 11) is 1.32. The van der Waals surface area contributed by atoms with Crippen molar-refractivity contribution in [2.45, 2.75) is 11.8 Å². The summed E-state index contributed by atoms with van der Waals surface area (Å²) in [5.41, 5.74) is 0.662. The summed E-state index contributed by atoms with van der Waals surface area (Å²) < 4.78 is 27.2. The number of anilines is 1. The normalized spacial score (nSPS) is 11.3. The first-order valence-electron chi connectivity index (χ1n) is 5.24. The molecule has 0 bridgehead atoms. The van der Waals surface area contributed by atoms with Crippen molar-refractivity contribution in [3.05, 3.63) is 41.1 Å². The molecule has 9 heteroatoms. The monoisotopic (exact) mass is 334 g/mol. The Kier molecular flexibility index (Phi) is 4.03. The van der Waals surface area contributed by atoms with Gasteiger partial charge in [0, 0.05) is 10.7 Å². The molecule has 2 rings (SSSR count). The van der Waals surface area contributed by atoms with Gasteiger partial charge in [0.1, 0.15) is 0 Å². The van der Waals surface area contributed by atoms with Crippen LogP contribution < -0.4 is 5.32 Å². The van der Waals surface area contributed by atoms with E-state index in [4.69, 9.17) is 26.7 Å². The van der Waals surface area contributed by atoms with Crippen molar-refractivity contribution >= 4 is 42.9 Å². The Morgan fingerprint density at radius 1 is 1.40 bits per heavy atom. The van der Waals surface area contributed by atoms with Crippen molar-refractivity contribution < 1.29 is 17.6 Å². The zero-order chi connectivity index (χ0) is 14.9. The van der Waals surface area contributed by atoms with E-state index in [0.717, 1.165) is 12.5 Å². The number of hydrogen-bond donors (Lipinski definition) is 1. The number of aromatic nitrogens is 1. The zero-order valence-corrected chi connectivity index (χ0v) is 12.4. The fourth-order valence-corrected chi connectivity index (χ4v) is 2.52. The van der Waals surface area contributed by atoms with Gasteiger partial charge in [-0.3, -0.25) is 4.79 Å². The minimum Gasteiger partial charge on any atom is -0.438 e. The van der Waals surface area contributed by atoms with Gasteiger partial charge in [-0.05, 0) is 25.1 Å². The van der Waals surface area contributed by atoms with Crippen LogP contribution in [0, 0.1) is 6.92 Å². The van der Waals surface area contributed by atoms with Crippen molar-refractivity contribution in [1.82, 2.24) is 4.98 Å². The smallest absolute Gasteiger partial charge is 0.293 e. The highest BCUT2D eigenvalue weighted by molar-refractivity contribution is 8.13. The minimum atomic E-state index is -3.87. The van der Waals surface area contributed by atoms with E-state index in [0.29, 0.717) is 5.69 Å². The molecule has 2 aromatic rings. The Balaban J connectivity index is 2.27. The quantitative estimate of drug-likeness (QED) is 0.871. The number of nitrogens with one attached hydrogen (secondary N) is 1. The molecule has 106 valence electrons. The number of halogens is 2. The van der Waals surface area contributed by atoms with E-state index in [1.54, 1.807) is 6.92 Å². The van der Waals surface area contributed by atoms with Gasteiger partial charge in [0.15, 0.2) is 6.39 Å². The van der Waals surface area contributed by atoms with Crippen molar-refractivity contribution in [3.63, 3.8) is 0 Å². The molecule has 0 aliphatic heterocycles. The van der Waals surface area contributed by atoms with E-state index < -0.39 is 15.0 Å². The predicted octanol–water partition coefficient (Wildman–Crippen LogP) is 2.82. The number of nitrogens with zero attached hydrogens (tertiary/aromatic N) is 1. The topological polar surface area (TPSA) is 89.3 Å². The lowest BCUT2D eigenvalue weighted by molar-refractivity contribution is 0.0996. The average molecular weight is 335 g/mol. The van der Waals surface area contributed by atoms with Gasteiger partial charge in [-0.15, -0.1) is 0 Å². The fourth-order valence-electron chi connectivity index (χ4n) is 1.45. The van der Waals surface area contributed by atoms with Crippen LogP contribution in [0.1, 0.15) is 16.2 Å². The Morgan fingerprint density at radius 2 is 2.10 bits per heavy atom. The molecule has 0 atom stereocenters. The Hall–Kier alpha value is -1.57. The molecule has 0 spiro atoms. The first kappa shape index (κ1) is 14.8. The third-order valence-corrected chi connectivity index (χ3v) is 4.09. The number of oxazole rings is 1. The van der Waals surface area contributed by atoms with Crippen LogP contribution in [0.2, 0.25) is 5.02 Å². The summed E-state index contributed by atoms with van der Waals surface area (Å²) in [6.07, 6.45) is 1.15. The van der Waals surface area contributed by atoms with Crippen molar-refractivity contribution in [1.29, 1.82) is 0 Å². The lowest BCUT2D eigenvalue weighted by atomic mass is 10.3. The van der Waals surface area contributed by atoms with Crippen molar-refractivity contribution in [3.8, 4) is 0 Å². The number of rotatable bonds is 3. The second-order valence-corrected chi connectivity index (χ2v) is 6.77. The maximum absolute atomic E-state index is 11.9. The van der Waals surface area contributed by atoms with Gasteiger partial charge in [0.05, 0.1) is 21.3 Å². The van der Waals surface area contributed by atoms with Gasteiger partial charge in [0.2, 0.25) is 5.76 Å². The highest BCUT2D eigenvalue weighted by Gasteiger charge is 2.17. The number of carbonyl (C=O) groups is 1. The molecule has 0 unspecified atom stereocenters. The van der Waals surface area contributed by atoms with Crippen LogP contribution in [0.15, 0.2) is 33.9 Å². The van der Waals surface area contributed by atoms with Crippen LogP contribution in [-0.4, -0.2) is 19.3 Å². The summed E-state index contributed by atoms with van der Waals surface area (Å²) in [6, 6.07) is 3.71. The van der Waals surface area contributed by atoms with Crippen LogP contribution in [-0.2, 0) is 9.05 Å². The Labute approximate surface area is 124 Å². The second kappa shape index (κ2) is 5.43. The molecule has 0 saturated carbocycles. The molecule has 20 heavy (non-hydrogen) atoms. The van der Waals surface area contributed by atoms with E-state index in [1.807, 2.05) is 0 Å². The SMILES string of the molecule is Cc1ncoc1C(=O)Nc1ccc(S(=O)(=O)Cl)cc1Cl. The number of benzene rings is 1. The second-order valence-electron chi connectivity index (χ2n) is 3.80. The first-order chi connectivity index (χ1) is 9.29. The van der Waals surface area contributed by atoms with Crippen LogP contribution in [0.25, 0.3) is 0 Å². The molecule has 0 radical (unpaired) electrons. The predicted molar refractivity (Wildman–Crippen MR) is 73.7 cm³/mol. The van der Waals surface area contributed by atoms with Crippen LogP contribution in [0.5, 0.6) is 0 Å². The van der Waals surface area contributed by atoms with E-state index >= 15 is 0 Å². The van der Waals surface area contributed by atoms with Crippen molar-refractivity contribution in [2.75, 3.05) is 5.32 Å². The number of aryl methyl sites for hydroxylation is 1. The molecule has 1 aromatic carbocycles. The molecule has 6 nitrogen and oxygen atoms in total. The highest BCUT2D eigenvalue weighted by Crippen LogP contribution is 2.27. The number of amides is 1. The van der Waals surface area contributed by atoms with Gasteiger partial charge in [-0.25, -0.2) is 13.4 Å². The molecule has 0 fully saturated rings. The molecule has 1 aromatic heterocycles. The Morgan fingerprint density at radius 3 is 2.60 bits per heavy atom. The van der Waals surface area contributed by atoms with Crippen molar-refractivity contribution in [2.24, 2.45) is 0 Å². The van der Waals surface area contributed by atoms with E-state index in [1.165, 1.54) is 12.1 Å². The number of carbonyl (C=O) groups excluding carboxylic acids is 1. The Bertz CT molecular complexity index is 770. The summed E-state index contributed by atoms with van der Waals surface area (Å²) >= 11 is 5.90. The molecule has 1 amide bonds. The summed E-state index contributed by atoms with van der Waals surface area (Å²) in [4.78, 5) is 15.5. The maximum Gasteiger partial charge on any atom is 0.293 e. The molecule has 0 aliphatic carbocycles. The molecule has 0 aliphatic rings. The standard InChI is InChI=1S/C11H8Cl2N2O4S/c1-6-10(19-5-14-6)11(16)15-9-3-2-7(4-8(9)12)20(13,17)18/h2-5H,1H3,(H,15,16). The average Bonchev–Trinajstić information content (AvgIpc) is 2.76. The van der Waals surface area contributed by atoms with Gasteiger partial charge in [-0.1, -0.05) is 11.6 Å². The van der Waals surface area contributed by atoms with E-state index in [2.05, 4.69) is 10.3 Å². The van der Waals surface area contributed by atoms with E-state index in [9.17, 15) is 13.2 Å². The third kappa shape index (κ3) is 3.12. The minimum absolute atomic E-state index is 0.0391. The first-order valence-corrected chi connectivity index (χ1v) is 7.93. The van der Waals surface area contributed by atoms with E-state index in [-0.39, 0.29) is 21.4 Å². The summed E-state index contributed by atoms with van der Waals surface area (Å²) in [5.74, 6) is -0.488. The molecular formula is C11H8Cl2N2O4S. The number of hydrogen-bond acceptors (Lipinski definition) is 5. The summed E-state index contributed by atoms with van der Waals surface area (Å²) in [5, 5.41) is 2.53. The molecule has 1 heterocycles. The van der Waals surface area contributed by atoms with Gasteiger partial charge in [-0.2, -0.15) is 0 Å². The largest absolute Gasteiger partial charge is 0.438 e. The highest BCUT2D eigenvalue weighted by atomic mass is 35.7. The fraction of sp³-hybridized carbons (Fsp3) is 0.0909. The van der Waals surface area contributed by atoms with Gasteiger partial charge in [0.25, 0.3) is 15.0 Å². The molecular weight excluding hydrogens is 327 g/mol. The summed E-state index contributed by atoms with van der Waals surface area (Å²) in [6.45, 7) is 1.61. The van der Waals surface area contributed by atoms with Crippen LogP contribution >= 0.6 is 22.3 Å².